The van der Waals surface area contributed by atoms with Gasteiger partial charge in [0.05, 0.1) is 41.2 Å². The van der Waals surface area contributed by atoms with Crippen molar-refractivity contribution in [2.45, 2.75) is 57.6 Å². The highest BCUT2D eigenvalue weighted by Gasteiger charge is 2.38. The molecule has 5 heterocycles. The summed E-state index contributed by atoms with van der Waals surface area (Å²) in [5.41, 5.74) is 2.55. The number of alkyl halides is 2. The number of nitrogens with one attached hydrogen (secondary N) is 1. The molecule has 1 N–H and O–H groups in total. The van der Waals surface area contributed by atoms with Gasteiger partial charge in [-0.25, -0.2) is 18.4 Å². The van der Waals surface area contributed by atoms with Crippen LogP contribution in [-0.2, 0) is 26.0 Å². The fraction of sp³-hybridized carbons (Fsp3) is 0.500. The van der Waals surface area contributed by atoms with Crippen molar-refractivity contribution in [2.75, 3.05) is 31.1 Å². The van der Waals surface area contributed by atoms with Crippen LogP contribution in [0.3, 0.4) is 0 Å². The molecule has 13 heteroatoms. The molecule has 5 rings (SSSR count). The third-order valence-electron chi connectivity index (χ3n) is 7.29. The normalized spacial score (nSPS) is 24.1. The summed E-state index contributed by atoms with van der Waals surface area (Å²) in [5.74, 6) is -3.18. The van der Waals surface area contributed by atoms with Crippen LogP contribution in [0.15, 0.2) is 42.6 Å². The summed E-state index contributed by atoms with van der Waals surface area (Å²) in [6, 6.07) is 10.8. The summed E-state index contributed by atoms with van der Waals surface area (Å²) >= 11 is 0. The molecule has 2 fully saturated rings. The average Bonchev–Trinajstić information content (AvgIpc) is 2.91. The molecule has 0 aliphatic carbocycles. The van der Waals surface area contributed by atoms with Crippen LogP contribution in [0.5, 0.6) is 0 Å². The first kappa shape index (κ1) is 29.2. The van der Waals surface area contributed by atoms with Gasteiger partial charge in [0.2, 0.25) is 5.91 Å². The van der Waals surface area contributed by atoms with Gasteiger partial charge in [-0.3, -0.25) is 9.78 Å². The van der Waals surface area contributed by atoms with Crippen molar-refractivity contribution in [2.24, 2.45) is 5.92 Å². The molecule has 0 saturated carbocycles. The number of ether oxygens (including phenoxy) is 1. The van der Waals surface area contributed by atoms with Gasteiger partial charge in [-0.2, -0.15) is 13.1 Å². The van der Waals surface area contributed by atoms with Gasteiger partial charge in [0.25, 0.3) is 10.0 Å². The van der Waals surface area contributed by atoms with E-state index in [1.54, 1.807) is 19.2 Å². The summed E-state index contributed by atoms with van der Waals surface area (Å²) in [7, 11) is -4.71. The Bertz CT molecular complexity index is 1510. The van der Waals surface area contributed by atoms with Crippen molar-refractivity contribution in [1.82, 2.24) is 24.6 Å². The second-order valence-corrected chi connectivity index (χ2v) is 12.9. The van der Waals surface area contributed by atoms with Crippen molar-refractivity contribution in [3.8, 4) is 11.4 Å². The minimum absolute atomic E-state index is 0.00172. The molecule has 3 aromatic rings. The Morgan fingerprint density at radius 1 is 1.05 bits per heavy atom. The lowest BCUT2D eigenvalue weighted by Gasteiger charge is -2.36. The lowest BCUT2D eigenvalue weighted by Crippen LogP contribution is -2.53. The van der Waals surface area contributed by atoms with E-state index >= 15 is 0 Å². The molecular formula is C28H34F2N6O4S. The quantitative estimate of drug-likeness (QED) is 0.447. The van der Waals surface area contributed by atoms with Crippen LogP contribution in [0.4, 0.5) is 14.6 Å². The molecule has 1 amide bonds. The average molecular weight is 589 g/mol. The topological polar surface area (TPSA) is 118 Å². The van der Waals surface area contributed by atoms with Crippen LogP contribution >= 0.6 is 0 Å². The molecule has 2 aliphatic rings. The molecule has 2 saturated heterocycles. The summed E-state index contributed by atoms with van der Waals surface area (Å²) in [6.45, 7) is 7.19. The molecule has 1 unspecified atom stereocenters. The van der Waals surface area contributed by atoms with Crippen LogP contribution in [0.1, 0.15) is 32.9 Å². The summed E-state index contributed by atoms with van der Waals surface area (Å²) in [5, 5.41) is 3.60. The lowest BCUT2D eigenvalue weighted by atomic mass is 9.97. The van der Waals surface area contributed by atoms with Crippen LogP contribution in [-0.4, -0.2) is 83.8 Å². The Hall–Kier alpha value is -3.29. The fourth-order valence-corrected chi connectivity index (χ4v) is 6.65. The minimum atomic E-state index is -4.71. The summed E-state index contributed by atoms with van der Waals surface area (Å²) < 4.78 is 56.7. The monoisotopic (exact) mass is 588 g/mol. The largest absolute Gasteiger partial charge is 0.372 e. The number of nitrogens with zero attached hydrogens (tertiary/aromatic N) is 5. The number of piperidine rings is 1. The molecule has 0 bridgehead atoms. The maximum Gasteiger partial charge on any atom is 0.350 e. The van der Waals surface area contributed by atoms with E-state index in [9.17, 15) is 22.0 Å². The zero-order valence-electron chi connectivity index (χ0n) is 23.2. The van der Waals surface area contributed by atoms with Crippen molar-refractivity contribution in [1.29, 1.82) is 0 Å². The van der Waals surface area contributed by atoms with E-state index < -0.39 is 21.8 Å². The minimum Gasteiger partial charge on any atom is -0.372 e. The molecule has 220 valence electrons. The Labute approximate surface area is 238 Å². The highest BCUT2D eigenvalue weighted by atomic mass is 32.2. The van der Waals surface area contributed by atoms with E-state index in [4.69, 9.17) is 14.7 Å². The second kappa shape index (κ2) is 11.9. The van der Waals surface area contributed by atoms with Crippen molar-refractivity contribution in [3.05, 3.63) is 48.3 Å². The lowest BCUT2D eigenvalue weighted by molar-refractivity contribution is -0.121. The smallest absolute Gasteiger partial charge is 0.350 e. The molecule has 0 aromatic carbocycles. The van der Waals surface area contributed by atoms with Gasteiger partial charge in [0.1, 0.15) is 5.82 Å². The molecule has 41 heavy (non-hydrogen) atoms. The van der Waals surface area contributed by atoms with Crippen LogP contribution in [0, 0.1) is 5.92 Å². The predicted molar refractivity (Wildman–Crippen MR) is 151 cm³/mol. The Morgan fingerprint density at radius 2 is 1.78 bits per heavy atom. The van der Waals surface area contributed by atoms with Gasteiger partial charge in [0, 0.05) is 43.8 Å². The van der Waals surface area contributed by atoms with E-state index in [0.29, 0.717) is 23.3 Å². The number of hydrogen-bond donors (Lipinski definition) is 1. The number of morpholine rings is 1. The maximum atomic E-state index is 13.1. The first-order valence-electron chi connectivity index (χ1n) is 13.7. The molecule has 0 radical (unpaired) electrons. The van der Waals surface area contributed by atoms with Gasteiger partial charge in [0.15, 0.2) is 0 Å². The number of sulfonamides is 1. The highest BCUT2D eigenvalue weighted by Crippen LogP contribution is 2.25. The van der Waals surface area contributed by atoms with Gasteiger partial charge in [-0.05, 0) is 56.5 Å². The summed E-state index contributed by atoms with van der Waals surface area (Å²) in [6.07, 6.45) is 2.30. The number of carbonyl (C=O) groups excluding carboxylic acids is 1. The first-order valence-corrected chi connectivity index (χ1v) is 15.2. The number of fused-ring (bicyclic) bond motifs is 1. The Balaban J connectivity index is 1.29. The first-order chi connectivity index (χ1) is 19.5. The van der Waals surface area contributed by atoms with Crippen molar-refractivity contribution < 1.29 is 26.7 Å². The number of hydrogen-bond acceptors (Lipinski definition) is 8. The Kier molecular flexibility index (Phi) is 8.48. The van der Waals surface area contributed by atoms with Gasteiger partial charge in [-0.15, -0.1) is 0 Å². The van der Waals surface area contributed by atoms with Crippen molar-refractivity contribution in [3.63, 3.8) is 0 Å². The molecule has 0 spiro atoms. The molecule has 2 aliphatic heterocycles. The van der Waals surface area contributed by atoms with Gasteiger partial charge in [-0.1, -0.05) is 13.0 Å². The standard InChI is InChI=1S/C28H34F2N6O4S/c1-17-9-22(16-36(13-17)41(38,39)28(29)30)32-27(37)11-21-10-25-20(12-31-21)7-8-24(33-25)23-5-4-6-26(34-23)35-14-18(2)40-19(3)15-35/h4-8,10,12,17-19,22,28H,9,11,13-16H2,1-3H3,(H,32,37)/t17-,18-,19+,22?/m0/s1. The predicted octanol–water partition coefficient (Wildman–Crippen LogP) is 3.23. The van der Waals surface area contributed by atoms with E-state index in [1.807, 2.05) is 44.2 Å². The van der Waals surface area contributed by atoms with Crippen LogP contribution < -0.4 is 10.2 Å². The second-order valence-electron chi connectivity index (χ2n) is 11.0. The molecule has 3 aromatic heterocycles. The number of pyridine rings is 3. The number of rotatable bonds is 7. The van der Waals surface area contributed by atoms with Gasteiger partial charge < -0.3 is 15.0 Å². The maximum absolute atomic E-state index is 13.1. The third-order valence-corrected chi connectivity index (χ3v) is 8.76. The number of carbonyl (C=O) groups is 1. The molecule has 10 nitrogen and oxygen atoms in total. The Morgan fingerprint density at radius 3 is 2.51 bits per heavy atom. The van der Waals surface area contributed by atoms with E-state index in [-0.39, 0.29) is 43.5 Å². The number of amides is 1. The van der Waals surface area contributed by atoms with E-state index in [2.05, 4.69) is 15.2 Å². The van der Waals surface area contributed by atoms with E-state index in [1.165, 1.54) is 0 Å². The van der Waals surface area contributed by atoms with Crippen molar-refractivity contribution >= 4 is 32.7 Å². The SMILES string of the molecule is C[C@H]1CC(NC(=O)Cc2cc3nc(-c4cccc(N5C[C@@H](C)O[C@@H](C)C5)n4)ccc3cn2)CN(S(=O)(=O)C(F)F)C1. The number of anilines is 1. The fourth-order valence-electron chi connectivity index (χ4n) is 5.58. The number of halogens is 2. The zero-order valence-corrected chi connectivity index (χ0v) is 24.0. The summed E-state index contributed by atoms with van der Waals surface area (Å²) in [4.78, 5) is 29.1. The van der Waals surface area contributed by atoms with Gasteiger partial charge >= 0.3 is 5.76 Å². The van der Waals surface area contributed by atoms with Crippen LogP contribution in [0.25, 0.3) is 22.3 Å². The van der Waals surface area contributed by atoms with E-state index in [0.717, 1.165) is 34.3 Å². The molecular weight excluding hydrogens is 554 g/mol. The van der Waals surface area contributed by atoms with Crippen LogP contribution in [0.2, 0.25) is 0 Å². The molecule has 4 atom stereocenters. The highest BCUT2D eigenvalue weighted by molar-refractivity contribution is 7.89. The zero-order chi connectivity index (χ0) is 29.3. The number of aromatic nitrogens is 3. The third kappa shape index (κ3) is 6.79.